The maximum Gasteiger partial charge on any atom is 2.00 e. The van der Waals surface area contributed by atoms with E-state index >= 15 is 0 Å². The molecule has 0 saturated heterocycles. The number of carbonyl (C=O) groups excluding carboxylic acids is 2. The van der Waals surface area contributed by atoms with Crippen molar-refractivity contribution in [3.8, 4) is 0 Å². The molecule has 0 aliphatic carbocycles. The molecular formula is C14H18CoO8. The van der Waals surface area contributed by atoms with Gasteiger partial charge in [-0.15, -0.1) is 0 Å². The van der Waals surface area contributed by atoms with Crippen LogP contribution in [0.3, 0.4) is 0 Å². The summed E-state index contributed by atoms with van der Waals surface area (Å²) in [5.74, 6) is -2.26. The van der Waals surface area contributed by atoms with Crippen molar-refractivity contribution in [2.75, 3.05) is 0 Å². The van der Waals surface area contributed by atoms with Crippen LogP contribution in [0.25, 0.3) is 0 Å². The predicted octanol–water partition coefficient (Wildman–Crippen LogP) is -3.20. The van der Waals surface area contributed by atoms with E-state index in [1.165, 1.54) is 24.3 Å². The average Bonchev–Trinajstić information content (AvgIpc) is 2.41. The molecule has 23 heavy (non-hydrogen) atoms. The first-order valence-corrected chi connectivity index (χ1v) is 5.14. The second kappa shape index (κ2) is 17.8. The van der Waals surface area contributed by atoms with Crippen LogP contribution in [-0.2, 0) is 16.8 Å². The number of benzene rings is 2. The normalized spacial score (nSPS) is 6.96. The molecule has 0 heterocycles. The third-order valence-electron chi connectivity index (χ3n) is 2.02. The number of carboxylic acid groups (broad SMARTS) is 2. The first kappa shape index (κ1) is 32.6. The zero-order chi connectivity index (χ0) is 13.4. The van der Waals surface area contributed by atoms with Crippen LogP contribution in [0.15, 0.2) is 60.7 Å². The molecule has 131 valence electrons. The van der Waals surface area contributed by atoms with Gasteiger partial charge < -0.3 is 41.7 Å². The molecule has 2 rings (SSSR count). The molecule has 0 saturated carbocycles. The van der Waals surface area contributed by atoms with E-state index in [1.54, 1.807) is 36.4 Å². The molecule has 2 aromatic carbocycles. The van der Waals surface area contributed by atoms with Gasteiger partial charge in [-0.2, -0.15) is 0 Å². The van der Waals surface area contributed by atoms with Crippen LogP contribution in [0.5, 0.6) is 0 Å². The number of hydrogen-bond donors (Lipinski definition) is 0. The second-order valence-corrected chi connectivity index (χ2v) is 3.31. The van der Waals surface area contributed by atoms with Crippen LogP contribution < -0.4 is 10.2 Å². The molecule has 0 aromatic heterocycles. The third-order valence-corrected chi connectivity index (χ3v) is 2.02. The Morgan fingerprint density at radius 1 is 0.565 bits per heavy atom. The summed E-state index contributed by atoms with van der Waals surface area (Å²) in [6, 6.07) is 16.1. The maximum atomic E-state index is 10.1. The summed E-state index contributed by atoms with van der Waals surface area (Å²) >= 11 is 0. The van der Waals surface area contributed by atoms with Crippen LogP contribution in [0.1, 0.15) is 20.7 Å². The zero-order valence-electron chi connectivity index (χ0n) is 11.7. The molecule has 0 atom stereocenters. The molecular weight excluding hydrogens is 355 g/mol. The summed E-state index contributed by atoms with van der Waals surface area (Å²) in [5.41, 5.74) is 0.440. The Bertz CT molecular complexity index is 469. The Balaban J connectivity index is -0.0000000771. The largest absolute Gasteiger partial charge is 2.00 e. The monoisotopic (exact) mass is 373 g/mol. The quantitative estimate of drug-likeness (QED) is 0.532. The van der Waals surface area contributed by atoms with Crippen molar-refractivity contribution in [3.05, 3.63) is 71.8 Å². The van der Waals surface area contributed by atoms with Gasteiger partial charge in [-0.25, -0.2) is 0 Å². The van der Waals surface area contributed by atoms with Gasteiger partial charge in [0.1, 0.15) is 0 Å². The van der Waals surface area contributed by atoms with Gasteiger partial charge in [0.15, 0.2) is 0 Å². The van der Waals surface area contributed by atoms with Gasteiger partial charge in [0, 0.05) is 0 Å². The summed E-state index contributed by atoms with van der Waals surface area (Å²) in [7, 11) is 0. The van der Waals surface area contributed by atoms with Crippen molar-refractivity contribution >= 4 is 11.9 Å². The third kappa shape index (κ3) is 13.1. The van der Waals surface area contributed by atoms with E-state index in [0.717, 1.165) is 0 Å². The van der Waals surface area contributed by atoms with E-state index in [1.807, 2.05) is 0 Å². The van der Waals surface area contributed by atoms with Crippen molar-refractivity contribution in [2.45, 2.75) is 0 Å². The first-order valence-electron chi connectivity index (χ1n) is 5.14. The summed E-state index contributed by atoms with van der Waals surface area (Å²) in [4.78, 5) is 20.2. The zero-order valence-corrected chi connectivity index (χ0v) is 12.8. The van der Waals surface area contributed by atoms with Crippen molar-refractivity contribution in [2.24, 2.45) is 0 Å². The Kier molecular flexibility index (Phi) is 25.2. The molecule has 0 aliphatic heterocycles. The van der Waals surface area contributed by atoms with Gasteiger partial charge in [0.2, 0.25) is 0 Å². The topological polar surface area (TPSA) is 206 Å². The van der Waals surface area contributed by atoms with E-state index < -0.39 is 11.9 Å². The SMILES string of the molecule is O.O.O.O.O=C([O-])c1ccccc1.O=C([O-])c1ccccc1.[Co+2]. The maximum absolute atomic E-state index is 10.1. The van der Waals surface area contributed by atoms with Crippen LogP contribution in [-0.4, -0.2) is 33.8 Å². The molecule has 0 aliphatic rings. The van der Waals surface area contributed by atoms with Gasteiger partial charge in [0.05, 0.1) is 11.9 Å². The molecule has 8 nitrogen and oxygen atoms in total. The van der Waals surface area contributed by atoms with Crippen molar-refractivity contribution in [1.82, 2.24) is 0 Å². The van der Waals surface area contributed by atoms with E-state index in [-0.39, 0.29) is 49.8 Å². The van der Waals surface area contributed by atoms with Gasteiger partial charge >= 0.3 is 16.8 Å². The Hall–Kier alpha value is -2.27. The molecule has 0 amide bonds. The Morgan fingerprint density at radius 3 is 0.913 bits per heavy atom. The second-order valence-electron chi connectivity index (χ2n) is 3.31. The summed E-state index contributed by atoms with van der Waals surface area (Å²) < 4.78 is 0. The number of carboxylic acids is 2. The number of hydrogen-bond acceptors (Lipinski definition) is 4. The predicted molar refractivity (Wildman–Crippen MR) is 76.0 cm³/mol. The van der Waals surface area contributed by atoms with Crippen LogP contribution in [0.4, 0.5) is 0 Å². The Morgan fingerprint density at radius 2 is 0.783 bits per heavy atom. The number of rotatable bonds is 2. The van der Waals surface area contributed by atoms with Gasteiger partial charge in [-0.05, 0) is 11.1 Å². The molecule has 2 aromatic rings. The fourth-order valence-electron chi connectivity index (χ4n) is 1.15. The smallest absolute Gasteiger partial charge is 0.545 e. The van der Waals surface area contributed by atoms with Crippen molar-refractivity contribution < 1.29 is 58.5 Å². The van der Waals surface area contributed by atoms with E-state index in [4.69, 9.17) is 0 Å². The molecule has 0 unspecified atom stereocenters. The molecule has 1 radical (unpaired) electrons. The van der Waals surface area contributed by atoms with E-state index in [9.17, 15) is 19.8 Å². The minimum absolute atomic E-state index is 0. The summed E-state index contributed by atoms with van der Waals surface area (Å²) in [6.07, 6.45) is 0. The van der Waals surface area contributed by atoms with Gasteiger partial charge in [-0.3, -0.25) is 0 Å². The molecule has 0 fully saturated rings. The van der Waals surface area contributed by atoms with Gasteiger partial charge in [0.25, 0.3) is 0 Å². The van der Waals surface area contributed by atoms with Crippen LogP contribution in [0.2, 0.25) is 0 Å². The fourth-order valence-corrected chi connectivity index (χ4v) is 1.15. The minimum Gasteiger partial charge on any atom is -0.545 e. The summed E-state index contributed by atoms with van der Waals surface area (Å²) in [5, 5.41) is 20.2. The first-order chi connectivity index (χ1) is 8.61. The summed E-state index contributed by atoms with van der Waals surface area (Å²) in [6.45, 7) is 0. The van der Waals surface area contributed by atoms with Crippen LogP contribution in [0, 0.1) is 0 Å². The fraction of sp³-hybridized carbons (Fsp3) is 0. The molecule has 0 spiro atoms. The average molecular weight is 373 g/mol. The van der Waals surface area contributed by atoms with E-state index in [2.05, 4.69) is 0 Å². The number of aromatic carboxylic acids is 2. The molecule has 9 heteroatoms. The van der Waals surface area contributed by atoms with Gasteiger partial charge in [-0.1, -0.05) is 60.7 Å². The van der Waals surface area contributed by atoms with Crippen LogP contribution >= 0.6 is 0 Å². The van der Waals surface area contributed by atoms with Crippen molar-refractivity contribution in [3.63, 3.8) is 0 Å². The van der Waals surface area contributed by atoms with Crippen molar-refractivity contribution in [1.29, 1.82) is 0 Å². The number of carbonyl (C=O) groups is 2. The minimum atomic E-state index is -1.13. The molecule has 8 N–H and O–H groups in total. The molecule has 0 bridgehead atoms. The Labute approximate surface area is 142 Å². The van der Waals surface area contributed by atoms with E-state index in [0.29, 0.717) is 0 Å². The standard InChI is InChI=1S/2C7H6O2.Co.4H2O/c2*8-7(9)6-4-2-1-3-5-6;;;;;/h2*1-5H,(H,8,9);;4*1H2/q;;+2;;;;/p-2.